The highest BCUT2D eigenvalue weighted by atomic mass is 35.5. The van der Waals surface area contributed by atoms with Gasteiger partial charge in [-0.1, -0.05) is 72.3 Å². The van der Waals surface area contributed by atoms with Crippen molar-refractivity contribution < 1.29 is 9.59 Å². The molecule has 4 rings (SSSR count). The first-order valence-electron chi connectivity index (χ1n) is 10.8. The van der Waals surface area contributed by atoms with Gasteiger partial charge in [0.2, 0.25) is 11.8 Å². The summed E-state index contributed by atoms with van der Waals surface area (Å²) in [5.41, 5.74) is 3.27. The molecule has 1 atom stereocenters. The number of hydrogen-bond acceptors (Lipinski definition) is 3. The lowest BCUT2D eigenvalue weighted by molar-refractivity contribution is -0.116. The lowest BCUT2D eigenvalue weighted by Gasteiger charge is -2.17. The molecule has 0 bridgehead atoms. The highest BCUT2D eigenvalue weighted by Crippen LogP contribution is 2.36. The minimum Gasteiger partial charge on any atom is -0.326 e. The van der Waals surface area contributed by atoms with Crippen molar-refractivity contribution in [3.05, 3.63) is 125 Å². The molecule has 0 saturated heterocycles. The van der Waals surface area contributed by atoms with E-state index in [0.29, 0.717) is 22.8 Å². The van der Waals surface area contributed by atoms with Crippen LogP contribution in [-0.2, 0) is 16.0 Å². The quantitative estimate of drug-likeness (QED) is 0.264. The van der Waals surface area contributed by atoms with E-state index in [1.165, 1.54) is 11.8 Å². The van der Waals surface area contributed by atoms with Crippen molar-refractivity contribution in [2.75, 3.05) is 10.6 Å². The van der Waals surface area contributed by atoms with Crippen LogP contribution in [0, 0.1) is 0 Å². The van der Waals surface area contributed by atoms with Crippen molar-refractivity contribution in [1.29, 1.82) is 0 Å². The largest absolute Gasteiger partial charge is 0.326 e. The minimum atomic E-state index is -0.449. The van der Waals surface area contributed by atoms with Gasteiger partial charge in [0.25, 0.3) is 0 Å². The van der Waals surface area contributed by atoms with Crippen LogP contribution in [-0.4, -0.2) is 11.8 Å². The summed E-state index contributed by atoms with van der Waals surface area (Å²) in [6.45, 7) is 0. The molecule has 170 valence electrons. The second-order valence-corrected chi connectivity index (χ2v) is 9.25. The Morgan fingerprint density at radius 3 is 1.91 bits per heavy atom. The van der Waals surface area contributed by atoms with Gasteiger partial charge in [0.05, 0.1) is 6.42 Å². The number of nitrogens with one attached hydrogen (secondary N) is 2. The maximum absolute atomic E-state index is 13.2. The Morgan fingerprint density at radius 1 is 0.706 bits per heavy atom. The maximum Gasteiger partial charge on any atom is 0.242 e. The van der Waals surface area contributed by atoms with Gasteiger partial charge in [-0.05, 0) is 59.7 Å². The molecule has 0 fully saturated rings. The third kappa shape index (κ3) is 6.73. The lowest BCUT2D eigenvalue weighted by Crippen LogP contribution is -2.19. The summed E-state index contributed by atoms with van der Waals surface area (Å²) in [7, 11) is 0. The van der Waals surface area contributed by atoms with Crippen LogP contribution in [0.1, 0.15) is 16.4 Å². The number of anilines is 2. The van der Waals surface area contributed by atoms with Gasteiger partial charge in [0.1, 0.15) is 5.25 Å². The second kappa shape index (κ2) is 11.5. The van der Waals surface area contributed by atoms with Crippen molar-refractivity contribution in [3.8, 4) is 0 Å². The highest BCUT2D eigenvalue weighted by molar-refractivity contribution is 8.00. The molecule has 0 radical (unpaired) electrons. The van der Waals surface area contributed by atoms with Gasteiger partial charge in [-0.3, -0.25) is 9.59 Å². The van der Waals surface area contributed by atoms with Crippen molar-refractivity contribution in [2.45, 2.75) is 16.6 Å². The Bertz CT molecular complexity index is 1230. The van der Waals surface area contributed by atoms with Crippen LogP contribution >= 0.6 is 23.4 Å². The number of hydrogen-bond donors (Lipinski definition) is 2. The molecule has 2 amide bonds. The van der Waals surface area contributed by atoms with Gasteiger partial charge in [-0.25, -0.2) is 0 Å². The van der Waals surface area contributed by atoms with E-state index in [9.17, 15) is 9.59 Å². The Kier molecular flexibility index (Phi) is 8.02. The number of benzene rings is 4. The highest BCUT2D eigenvalue weighted by Gasteiger charge is 2.22. The van der Waals surface area contributed by atoms with Crippen molar-refractivity contribution in [1.82, 2.24) is 0 Å². The van der Waals surface area contributed by atoms with Gasteiger partial charge in [0.15, 0.2) is 0 Å². The standard InChI is InChI=1S/C28H23ClN2O2S/c29-22-11-13-24(14-12-22)31-28(33)27(21-9-5-2-6-10-21)34-25-17-15-23(16-18-25)30-26(32)19-20-7-3-1-4-8-20/h1-18,27H,19H2,(H,30,32)(H,31,33). The first kappa shape index (κ1) is 23.6. The molecule has 4 aromatic carbocycles. The fourth-order valence-electron chi connectivity index (χ4n) is 3.38. The molecular weight excluding hydrogens is 464 g/mol. The summed E-state index contributed by atoms with van der Waals surface area (Å²) < 4.78 is 0. The molecule has 6 heteroatoms. The normalized spacial score (nSPS) is 11.4. The maximum atomic E-state index is 13.2. The van der Waals surface area contributed by atoms with E-state index >= 15 is 0 Å². The summed E-state index contributed by atoms with van der Waals surface area (Å²) in [6, 6.07) is 33.8. The predicted octanol–water partition coefficient (Wildman–Crippen LogP) is 6.99. The molecule has 0 aliphatic rings. The molecular formula is C28H23ClN2O2S. The van der Waals surface area contributed by atoms with Crippen LogP contribution < -0.4 is 10.6 Å². The molecule has 0 aliphatic carbocycles. The average Bonchev–Trinajstić information content (AvgIpc) is 2.86. The molecule has 0 saturated carbocycles. The monoisotopic (exact) mass is 486 g/mol. The summed E-state index contributed by atoms with van der Waals surface area (Å²) in [4.78, 5) is 26.4. The average molecular weight is 487 g/mol. The van der Waals surface area contributed by atoms with Crippen LogP contribution in [0.5, 0.6) is 0 Å². The fourth-order valence-corrected chi connectivity index (χ4v) is 4.53. The van der Waals surface area contributed by atoms with E-state index in [2.05, 4.69) is 10.6 Å². The van der Waals surface area contributed by atoms with Crippen molar-refractivity contribution in [3.63, 3.8) is 0 Å². The zero-order valence-corrected chi connectivity index (χ0v) is 19.9. The van der Waals surface area contributed by atoms with Crippen LogP contribution in [0.15, 0.2) is 114 Å². The Morgan fingerprint density at radius 2 is 1.26 bits per heavy atom. The van der Waals surface area contributed by atoms with Gasteiger partial charge < -0.3 is 10.6 Å². The van der Waals surface area contributed by atoms with Crippen LogP contribution in [0.25, 0.3) is 0 Å². The van der Waals surface area contributed by atoms with E-state index in [1.54, 1.807) is 24.3 Å². The zero-order valence-electron chi connectivity index (χ0n) is 18.3. The number of carbonyl (C=O) groups excluding carboxylic acids is 2. The molecule has 0 spiro atoms. The van der Waals surface area contributed by atoms with Crippen molar-refractivity contribution >= 4 is 46.6 Å². The summed E-state index contributed by atoms with van der Waals surface area (Å²) in [5.74, 6) is -0.199. The third-order valence-corrected chi connectivity index (χ3v) is 6.57. The number of amides is 2. The first-order valence-corrected chi connectivity index (χ1v) is 12.0. The van der Waals surface area contributed by atoms with E-state index in [1.807, 2.05) is 84.9 Å². The van der Waals surface area contributed by atoms with Crippen LogP contribution in [0.4, 0.5) is 11.4 Å². The number of halogens is 1. The van der Waals surface area contributed by atoms with E-state index in [0.717, 1.165) is 16.0 Å². The molecule has 0 aromatic heterocycles. The summed E-state index contributed by atoms with van der Waals surface area (Å²) in [5, 5.41) is 6.06. The number of thioether (sulfide) groups is 1. The topological polar surface area (TPSA) is 58.2 Å². The SMILES string of the molecule is O=C(Cc1ccccc1)Nc1ccc(SC(C(=O)Nc2ccc(Cl)cc2)c2ccccc2)cc1. The Labute approximate surface area is 208 Å². The molecule has 4 nitrogen and oxygen atoms in total. The summed E-state index contributed by atoms with van der Waals surface area (Å²) >= 11 is 7.41. The second-order valence-electron chi connectivity index (χ2n) is 7.64. The molecule has 34 heavy (non-hydrogen) atoms. The fraction of sp³-hybridized carbons (Fsp3) is 0.0714. The lowest BCUT2D eigenvalue weighted by atomic mass is 10.1. The Hall–Kier alpha value is -3.54. The van der Waals surface area contributed by atoms with E-state index < -0.39 is 5.25 Å². The van der Waals surface area contributed by atoms with Crippen LogP contribution in [0.3, 0.4) is 0 Å². The van der Waals surface area contributed by atoms with Gasteiger partial charge in [-0.2, -0.15) is 0 Å². The smallest absolute Gasteiger partial charge is 0.242 e. The number of carbonyl (C=O) groups is 2. The molecule has 4 aromatic rings. The Balaban J connectivity index is 1.44. The third-order valence-electron chi connectivity index (χ3n) is 5.05. The summed E-state index contributed by atoms with van der Waals surface area (Å²) in [6.07, 6.45) is 0.318. The van der Waals surface area contributed by atoms with E-state index in [4.69, 9.17) is 11.6 Å². The van der Waals surface area contributed by atoms with Gasteiger partial charge >= 0.3 is 0 Å². The van der Waals surface area contributed by atoms with Crippen LogP contribution in [0.2, 0.25) is 5.02 Å². The first-order chi connectivity index (χ1) is 16.6. The molecule has 1 unspecified atom stereocenters. The van der Waals surface area contributed by atoms with E-state index in [-0.39, 0.29) is 11.8 Å². The molecule has 2 N–H and O–H groups in total. The molecule has 0 aliphatic heterocycles. The van der Waals surface area contributed by atoms with Crippen molar-refractivity contribution in [2.24, 2.45) is 0 Å². The minimum absolute atomic E-state index is 0.0730. The van der Waals surface area contributed by atoms with Gasteiger partial charge in [0, 0.05) is 21.3 Å². The number of rotatable bonds is 8. The zero-order chi connectivity index (χ0) is 23.8. The molecule has 0 heterocycles. The predicted molar refractivity (Wildman–Crippen MR) is 140 cm³/mol. The van der Waals surface area contributed by atoms with Gasteiger partial charge in [-0.15, -0.1) is 11.8 Å².